The summed E-state index contributed by atoms with van der Waals surface area (Å²) in [5, 5.41) is 6.20. The van der Waals surface area contributed by atoms with Gasteiger partial charge >= 0.3 is 0 Å². The molecule has 0 aliphatic carbocycles. The molecule has 24 heavy (non-hydrogen) atoms. The third-order valence-corrected chi connectivity index (χ3v) is 5.75. The van der Waals surface area contributed by atoms with Crippen molar-refractivity contribution in [3.63, 3.8) is 0 Å². The number of hydrogen-bond acceptors (Lipinski definition) is 4. The molecule has 0 N–H and O–H groups in total. The molecule has 4 nitrogen and oxygen atoms in total. The lowest BCUT2D eigenvalue weighted by Gasteiger charge is -2.21. The number of carbonyl (C=O) groups is 1. The fourth-order valence-electron chi connectivity index (χ4n) is 3.31. The van der Waals surface area contributed by atoms with Crippen LogP contribution in [0.5, 0.6) is 0 Å². The predicted octanol–water partition coefficient (Wildman–Crippen LogP) is 3.49. The Morgan fingerprint density at radius 3 is 2.96 bits per heavy atom. The summed E-state index contributed by atoms with van der Waals surface area (Å²) in [7, 11) is 0. The maximum Gasteiger partial charge on any atom is 0.270 e. The van der Waals surface area contributed by atoms with Crippen LogP contribution in [0.4, 0.5) is 4.39 Å². The van der Waals surface area contributed by atoms with Gasteiger partial charge in [0.15, 0.2) is 0 Å². The van der Waals surface area contributed by atoms with E-state index >= 15 is 0 Å². The standard InChI is InChI=1S/C18H17FN2O2S/c1-12-6-9-24-16(12)15-10-18(23-20-15)7-8-21(17(18)22)11-13-4-2-3-5-14(13)19/h2-6,9H,7-8,10-11H2,1H3. The van der Waals surface area contributed by atoms with E-state index in [4.69, 9.17) is 4.84 Å². The smallest absolute Gasteiger partial charge is 0.270 e. The lowest BCUT2D eigenvalue weighted by Crippen LogP contribution is -2.40. The Hall–Kier alpha value is -2.21. The maximum atomic E-state index is 13.8. The zero-order valence-electron chi connectivity index (χ0n) is 13.3. The SMILES string of the molecule is Cc1ccsc1C1=NOC2(CCN(Cc3ccccc3F)C2=O)C1. The first kappa shape index (κ1) is 15.3. The van der Waals surface area contributed by atoms with Crippen LogP contribution in [-0.4, -0.2) is 28.7 Å². The van der Waals surface area contributed by atoms with Crippen molar-refractivity contribution >= 4 is 23.0 Å². The maximum absolute atomic E-state index is 13.8. The van der Waals surface area contributed by atoms with Crippen LogP contribution in [-0.2, 0) is 16.2 Å². The van der Waals surface area contributed by atoms with Crippen LogP contribution in [0.25, 0.3) is 0 Å². The summed E-state index contributed by atoms with van der Waals surface area (Å²) in [6.07, 6.45) is 1.07. The van der Waals surface area contributed by atoms with Gasteiger partial charge in [0.1, 0.15) is 11.5 Å². The molecule has 1 spiro atoms. The molecular weight excluding hydrogens is 327 g/mol. The average Bonchev–Trinajstić information content (AvgIpc) is 3.26. The highest BCUT2D eigenvalue weighted by atomic mass is 32.1. The number of aryl methyl sites for hydroxylation is 1. The Labute approximate surface area is 143 Å². The van der Waals surface area contributed by atoms with Gasteiger partial charge in [-0.15, -0.1) is 11.3 Å². The molecular formula is C18H17FN2O2S. The van der Waals surface area contributed by atoms with E-state index in [0.717, 1.165) is 16.2 Å². The van der Waals surface area contributed by atoms with Gasteiger partial charge in [-0.3, -0.25) is 4.79 Å². The first-order chi connectivity index (χ1) is 11.6. The van der Waals surface area contributed by atoms with E-state index in [9.17, 15) is 9.18 Å². The lowest BCUT2D eigenvalue weighted by molar-refractivity contribution is -0.146. The van der Waals surface area contributed by atoms with E-state index in [2.05, 4.69) is 5.16 Å². The van der Waals surface area contributed by atoms with Crippen molar-refractivity contribution < 1.29 is 14.0 Å². The minimum atomic E-state index is -0.906. The molecule has 1 amide bonds. The molecule has 2 aliphatic heterocycles. The number of amides is 1. The van der Waals surface area contributed by atoms with Crippen molar-refractivity contribution in [1.29, 1.82) is 0 Å². The highest BCUT2D eigenvalue weighted by Gasteiger charge is 2.53. The molecule has 2 aromatic rings. The van der Waals surface area contributed by atoms with Crippen LogP contribution in [0.15, 0.2) is 40.9 Å². The highest BCUT2D eigenvalue weighted by molar-refractivity contribution is 7.12. The Bertz CT molecular complexity index is 832. The van der Waals surface area contributed by atoms with Crippen LogP contribution >= 0.6 is 11.3 Å². The molecule has 6 heteroatoms. The third kappa shape index (κ3) is 2.41. The number of benzene rings is 1. The molecule has 0 radical (unpaired) electrons. The number of thiophene rings is 1. The van der Waals surface area contributed by atoms with Crippen LogP contribution < -0.4 is 0 Å². The number of nitrogens with zero attached hydrogens (tertiary/aromatic N) is 2. The summed E-state index contributed by atoms with van der Waals surface area (Å²) in [6, 6.07) is 8.59. The summed E-state index contributed by atoms with van der Waals surface area (Å²) in [5.74, 6) is -0.386. The van der Waals surface area contributed by atoms with E-state index in [-0.39, 0.29) is 18.3 Å². The molecule has 0 bridgehead atoms. The quantitative estimate of drug-likeness (QED) is 0.855. The molecule has 1 aromatic heterocycles. The average molecular weight is 344 g/mol. The van der Waals surface area contributed by atoms with Crippen LogP contribution in [0.1, 0.15) is 28.8 Å². The van der Waals surface area contributed by atoms with Crippen molar-refractivity contribution in [1.82, 2.24) is 4.90 Å². The number of carbonyl (C=O) groups excluding carboxylic acids is 1. The third-order valence-electron chi connectivity index (χ3n) is 4.69. The molecule has 1 saturated heterocycles. The zero-order chi connectivity index (χ0) is 16.7. The molecule has 1 atom stereocenters. The number of oxime groups is 1. The zero-order valence-corrected chi connectivity index (χ0v) is 14.1. The van der Waals surface area contributed by atoms with Gasteiger partial charge in [-0.1, -0.05) is 23.4 Å². The van der Waals surface area contributed by atoms with Gasteiger partial charge in [0, 0.05) is 31.5 Å². The second kappa shape index (κ2) is 5.70. The second-order valence-electron chi connectivity index (χ2n) is 6.30. The molecule has 124 valence electrons. The normalized spacial score (nSPS) is 23.0. The largest absolute Gasteiger partial charge is 0.378 e. The fraction of sp³-hybridized carbons (Fsp3) is 0.333. The summed E-state index contributed by atoms with van der Waals surface area (Å²) >= 11 is 1.61. The molecule has 0 saturated carbocycles. The number of hydrogen-bond donors (Lipinski definition) is 0. The van der Waals surface area contributed by atoms with Gasteiger partial charge in [0.2, 0.25) is 5.60 Å². The van der Waals surface area contributed by atoms with Gasteiger partial charge in [-0.05, 0) is 30.0 Å². The summed E-state index contributed by atoms with van der Waals surface area (Å²) in [5.41, 5.74) is 1.60. The highest BCUT2D eigenvalue weighted by Crippen LogP contribution is 2.38. The van der Waals surface area contributed by atoms with Crippen molar-refractivity contribution in [2.45, 2.75) is 31.9 Å². The predicted molar refractivity (Wildman–Crippen MR) is 90.5 cm³/mol. The van der Waals surface area contributed by atoms with Crippen molar-refractivity contribution in [2.75, 3.05) is 6.54 Å². The molecule has 3 heterocycles. The molecule has 1 aromatic carbocycles. The van der Waals surface area contributed by atoms with Crippen molar-refractivity contribution in [3.8, 4) is 0 Å². The number of halogens is 1. The van der Waals surface area contributed by atoms with Gasteiger partial charge in [-0.25, -0.2) is 4.39 Å². The first-order valence-electron chi connectivity index (χ1n) is 7.91. The summed E-state index contributed by atoms with van der Waals surface area (Å²) in [6.45, 7) is 2.85. The molecule has 2 aliphatic rings. The van der Waals surface area contributed by atoms with Gasteiger partial charge in [-0.2, -0.15) is 0 Å². The minimum absolute atomic E-state index is 0.0984. The molecule has 1 unspecified atom stereocenters. The van der Waals surface area contributed by atoms with Crippen LogP contribution in [0, 0.1) is 12.7 Å². The van der Waals surface area contributed by atoms with E-state index in [1.807, 2.05) is 18.4 Å². The Morgan fingerprint density at radius 1 is 1.38 bits per heavy atom. The monoisotopic (exact) mass is 344 g/mol. The van der Waals surface area contributed by atoms with Crippen molar-refractivity contribution in [2.24, 2.45) is 5.16 Å². The Morgan fingerprint density at radius 2 is 2.21 bits per heavy atom. The first-order valence-corrected chi connectivity index (χ1v) is 8.79. The van der Waals surface area contributed by atoms with Gasteiger partial charge in [0.05, 0.1) is 4.88 Å². The lowest BCUT2D eigenvalue weighted by atomic mass is 9.94. The van der Waals surface area contributed by atoms with Crippen molar-refractivity contribution in [3.05, 3.63) is 57.5 Å². The van der Waals surface area contributed by atoms with E-state index in [0.29, 0.717) is 24.9 Å². The van der Waals surface area contributed by atoms with Gasteiger partial charge in [0.25, 0.3) is 5.91 Å². The Balaban J connectivity index is 1.51. The second-order valence-corrected chi connectivity index (χ2v) is 7.22. The topological polar surface area (TPSA) is 41.9 Å². The Kier molecular flexibility index (Phi) is 3.64. The summed E-state index contributed by atoms with van der Waals surface area (Å²) < 4.78 is 13.8. The number of likely N-dealkylation sites (tertiary alicyclic amines) is 1. The van der Waals surface area contributed by atoms with E-state index < -0.39 is 5.60 Å². The minimum Gasteiger partial charge on any atom is -0.378 e. The van der Waals surface area contributed by atoms with Crippen LogP contribution in [0.3, 0.4) is 0 Å². The molecule has 1 fully saturated rings. The fourth-order valence-corrected chi connectivity index (χ4v) is 4.22. The molecule has 4 rings (SSSR count). The van der Waals surface area contributed by atoms with E-state index in [1.165, 1.54) is 6.07 Å². The van der Waals surface area contributed by atoms with Gasteiger partial charge < -0.3 is 9.74 Å². The summed E-state index contributed by atoms with van der Waals surface area (Å²) in [4.78, 5) is 21.2. The number of rotatable bonds is 3. The van der Waals surface area contributed by atoms with E-state index in [1.54, 1.807) is 34.4 Å². The van der Waals surface area contributed by atoms with Crippen LogP contribution in [0.2, 0.25) is 0 Å².